The maximum atomic E-state index is 11.2. The average Bonchev–Trinajstić information content (AvgIpc) is 2.28. The predicted molar refractivity (Wildman–Crippen MR) is 65.4 cm³/mol. The normalized spacial score (nSPS) is 18.8. The summed E-state index contributed by atoms with van der Waals surface area (Å²) in [6.07, 6.45) is 0. The quantitative estimate of drug-likeness (QED) is 0.709. The van der Waals surface area contributed by atoms with Crippen LogP contribution in [0.15, 0.2) is 18.2 Å². The molecule has 5 nitrogen and oxygen atoms in total. The van der Waals surface area contributed by atoms with Gasteiger partial charge in [-0.15, -0.1) is 0 Å². The lowest BCUT2D eigenvalue weighted by Gasteiger charge is -2.23. The molecule has 2 rings (SSSR count). The van der Waals surface area contributed by atoms with Crippen molar-refractivity contribution in [3.05, 3.63) is 23.8 Å². The zero-order chi connectivity index (χ0) is 11.5. The first-order valence-corrected chi connectivity index (χ1v) is 6.22. The molecule has 1 aromatic rings. The van der Waals surface area contributed by atoms with Crippen LogP contribution in [-0.2, 0) is 17.7 Å². The number of aliphatic hydroxyl groups excluding tert-OH is 1. The highest BCUT2D eigenvalue weighted by Gasteiger charge is 2.13. The fraction of sp³-hybridized carbons (Fsp3) is 0.400. The number of benzene rings is 1. The Morgan fingerprint density at radius 2 is 2.38 bits per heavy atom. The average molecular weight is 241 g/mol. The molecule has 0 saturated carbocycles. The van der Waals surface area contributed by atoms with Crippen LogP contribution >= 0.6 is 0 Å². The second-order valence-electron chi connectivity index (χ2n) is 3.68. The maximum Gasteiger partial charge on any atom is 0.193 e. The number of likely N-dealkylation sites (N-methyl/N-ethyl adjacent to an activating group) is 1. The van der Waals surface area contributed by atoms with Crippen molar-refractivity contribution in [2.24, 2.45) is 0 Å². The van der Waals surface area contributed by atoms with Gasteiger partial charge in [-0.1, -0.05) is 0 Å². The number of nitrogens with one attached hydrogen (secondary N) is 2. The highest BCUT2D eigenvalue weighted by atomic mass is 32.2. The number of aliphatic hydroxyl groups is 1. The molecule has 0 fully saturated rings. The fourth-order valence-electron chi connectivity index (χ4n) is 1.62. The van der Waals surface area contributed by atoms with Crippen LogP contribution < -0.4 is 14.3 Å². The summed E-state index contributed by atoms with van der Waals surface area (Å²) in [7, 11) is 1.93. The summed E-state index contributed by atoms with van der Waals surface area (Å²) in [5.74, 6) is 0. The molecular formula is C10H15N3O2S. The van der Waals surface area contributed by atoms with Crippen LogP contribution in [0.1, 0.15) is 5.56 Å². The Kier molecular flexibility index (Phi) is 3.42. The van der Waals surface area contributed by atoms with Crippen molar-refractivity contribution in [1.29, 1.82) is 0 Å². The van der Waals surface area contributed by atoms with E-state index in [0.717, 1.165) is 16.9 Å². The highest BCUT2D eigenvalue weighted by molar-refractivity contribution is 7.84. The Bertz CT molecular complexity index is 411. The van der Waals surface area contributed by atoms with E-state index in [1.54, 1.807) is 0 Å². The number of hydrogen-bond acceptors (Lipinski definition) is 3. The molecule has 1 aliphatic heterocycles. The van der Waals surface area contributed by atoms with E-state index in [4.69, 9.17) is 5.11 Å². The van der Waals surface area contributed by atoms with Gasteiger partial charge in [0.1, 0.15) is 0 Å². The van der Waals surface area contributed by atoms with Crippen LogP contribution in [0.25, 0.3) is 0 Å². The Balaban J connectivity index is 2.22. The minimum absolute atomic E-state index is 0.133. The van der Waals surface area contributed by atoms with Crippen LogP contribution in [0.2, 0.25) is 0 Å². The Hall–Kier alpha value is -1.11. The summed E-state index contributed by atoms with van der Waals surface area (Å²) in [4.78, 5) is 1.98. The molecule has 1 aromatic carbocycles. The largest absolute Gasteiger partial charge is 0.395 e. The summed E-state index contributed by atoms with van der Waals surface area (Å²) in [6.45, 7) is 1.33. The van der Waals surface area contributed by atoms with Gasteiger partial charge >= 0.3 is 0 Å². The molecule has 0 saturated heterocycles. The van der Waals surface area contributed by atoms with E-state index in [1.807, 2.05) is 30.1 Å². The molecule has 88 valence electrons. The summed E-state index contributed by atoms with van der Waals surface area (Å²) in [6, 6.07) is 5.89. The van der Waals surface area contributed by atoms with Crippen molar-refractivity contribution in [1.82, 2.24) is 4.72 Å². The lowest BCUT2D eigenvalue weighted by atomic mass is 10.1. The van der Waals surface area contributed by atoms with Gasteiger partial charge in [-0.3, -0.25) is 4.72 Å². The third kappa shape index (κ3) is 2.34. The molecule has 0 bridgehead atoms. The standard InChI is InChI=1S/C10H15N3O2S/c1-13(4-5-14)9-2-3-10-8(6-9)7-11-16(15)12-10/h2-3,6,11-12,14H,4-5,7H2,1H3. The van der Waals surface area contributed by atoms with Crippen molar-refractivity contribution in [2.45, 2.75) is 6.54 Å². The molecule has 0 amide bonds. The van der Waals surface area contributed by atoms with E-state index in [1.165, 1.54) is 0 Å². The maximum absolute atomic E-state index is 11.2. The summed E-state index contributed by atoms with van der Waals surface area (Å²) >= 11 is -1.18. The molecule has 0 spiro atoms. The van der Waals surface area contributed by atoms with E-state index < -0.39 is 11.2 Å². The van der Waals surface area contributed by atoms with Crippen molar-refractivity contribution in [2.75, 3.05) is 29.8 Å². The topological polar surface area (TPSA) is 64.6 Å². The zero-order valence-corrected chi connectivity index (χ0v) is 9.88. The SMILES string of the molecule is CN(CCO)c1ccc2c(c1)CNS(=O)N2. The zero-order valence-electron chi connectivity index (χ0n) is 9.06. The number of nitrogens with zero attached hydrogens (tertiary/aromatic N) is 1. The van der Waals surface area contributed by atoms with Gasteiger partial charge in [-0.05, 0) is 23.8 Å². The molecule has 0 aliphatic carbocycles. The molecule has 1 unspecified atom stereocenters. The van der Waals surface area contributed by atoms with Gasteiger partial charge in [0.05, 0.1) is 12.3 Å². The second kappa shape index (κ2) is 4.82. The first-order chi connectivity index (χ1) is 7.70. The third-order valence-corrected chi connectivity index (χ3v) is 3.37. The molecule has 16 heavy (non-hydrogen) atoms. The lowest BCUT2D eigenvalue weighted by Crippen LogP contribution is -2.29. The first kappa shape index (κ1) is 11.4. The van der Waals surface area contributed by atoms with Gasteiger partial charge in [0, 0.05) is 25.8 Å². The van der Waals surface area contributed by atoms with Gasteiger partial charge in [0.2, 0.25) is 0 Å². The van der Waals surface area contributed by atoms with Crippen molar-refractivity contribution in [3.8, 4) is 0 Å². The lowest BCUT2D eigenvalue weighted by molar-refractivity contribution is 0.304. The van der Waals surface area contributed by atoms with E-state index in [9.17, 15) is 4.21 Å². The molecule has 0 aromatic heterocycles. The molecule has 0 radical (unpaired) electrons. The number of anilines is 2. The van der Waals surface area contributed by atoms with Crippen LogP contribution in [0.5, 0.6) is 0 Å². The number of fused-ring (bicyclic) bond motifs is 1. The monoisotopic (exact) mass is 241 g/mol. The molecule has 3 N–H and O–H groups in total. The van der Waals surface area contributed by atoms with Gasteiger partial charge < -0.3 is 10.0 Å². The summed E-state index contributed by atoms with van der Waals surface area (Å²) < 4.78 is 16.9. The fourth-order valence-corrected chi connectivity index (χ4v) is 2.38. The Morgan fingerprint density at radius 3 is 3.12 bits per heavy atom. The van der Waals surface area contributed by atoms with Gasteiger partial charge in [0.25, 0.3) is 0 Å². The van der Waals surface area contributed by atoms with Crippen LogP contribution in [0.3, 0.4) is 0 Å². The summed E-state index contributed by atoms with van der Waals surface area (Å²) in [5, 5.41) is 8.86. The van der Waals surface area contributed by atoms with E-state index in [2.05, 4.69) is 9.44 Å². The first-order valence-electron chi connectivity index (χ1n) is 5.07. The van der Waals surface area contributed by atoms with Crippen molar-refractivity contribution < 1.29 is 9.32 Å². The van der Waals surface area contributed by atoms with E-state index in [-0.39, 0.29) is 6.61 Å². The van der Waals surface area contributed by atoms with Crippen LogP contribution in [0, 0.1) is 0 Å². The van der Waals surface area contributed by atoms with Gasteiger partial charge in [0.15, 0.2) is 11.2 Å². The minimum Gasteiger partial charge on any atom is -0.395 e. The van der Waals surface area contributed by atoms with E-state index in [0.29, 0.717) is 13.1 Å². The molecular weight excluding hydrogens is 226 g/mol. The molecule has 6 heteroatoms. The Morgan fingerprint density at radius 1 is 1.56 bits per heavy atom. The van der Waals surface area contributed by atoms with E-state index >= 15 is 0 Å². The summed E-state index contributed by atoms with van der Waals surface area (Å²) in [5.41, 5.74) is 3.03. The third-order valence-electron chi connectivity index (χ3n) is 2.56. The van der Waals surface area contributed by atoms with Gasteiger partial charge in [-0.25, -0.2) is 8.93 Å². The Labute approximate surface area is 97.2 Å². The second-order valence-corrected chi connectivity index (χ2v) is 4.71. The van der Waals surface area contributed by atoms with Crippen LogP contribution in [0.4, 0.5) is 11.4 Å². The smallest absolute Gasteiger partial charge is 0.193 e. The molecule has 1 heterocycles. The van der Waals surface area contributed by atoms with Crippen molar-refractivity contribution in [3.63, 3.8) is 0 Å². The van der Waals surface area contributed by atoms with Gasteiger partial charge in [-0.2, -0.15) is 0 Å². The number of hydrogen-bond donors (Lipinski definition) is 3. The van der Waals surface area contributed by atoms with Crippen LogP contribution in [-0.4, -0.2) is 29.5 Å². The number of rotatable bonds is 3. The molecule has 1 atom stereocenters. The minimum atomic E-state index is -1.18. The predicted octanol–water partition coefficient (Wildman–Crippen LogP) is 0.209. The van der Waals surface area contributed by atoms with Crippen molar-refractivity contribution >= 4 is 22.5 Å². The highest BCUT2D eigenvalue weighted by Crippen LogP contribution is 2.25. The molecule has 1 aliphatic rings.